The number of nitrogens with two attached hydrogens (primary N) is 1. The third-order valence-corrected chi connectivity index (χ3v) is 4.95. The van der Waals surface area contributed by atoms with Gasteiger partial charge in [-0.3, -0.25) is 0 Å². The van der Waals surface area contributed by atoms with E-state index in [1.807, 2.05) is 11.3 Å². The van der Waals surface area contributed by atoms with Crippen molar-refractivity contribution in [1.29, 1.82) is 0 Å². The molecule has 0 aliphatic heterocycles. The van der Waals surface area contributed by atoms with Crippen LogP contribution in [-0.4, -0.2) is 11.5 Å². The van der Waals surface area contributed by atoms with E-state index in [1.165, 1.54) is 41.3 Å². The Morgan fingerprint density at radius 1 is 1.44 bits per heavy atom. The van der Waals surface area contributed by atoms with Crippen LogP contribution in [0.3, 0.4) is 0 Å². The molecule has 1 heterocycles. The van der Waals surface area contributed by atoms with E-state index in [-0.39, 0.29) is 0 Å². The number of aryl methyl sites for hydroxylation is 1. The van der Waals surface area contributed by atoms with Gasteiger partial charge in [0.2, 0.25) is 0 Å². The highest BCUT2D eigenvalue weighted by Crippen LogP contribution is 2.38. The summed E-state index contributed by atoms with van der Waals surface area (Å²) in [5.74, 6) is 1.60. The minimum atomic E-state index is 0.721. The summed E-state index contributed by atoms with van der Waals surface area (Å²) in [6.07, 6.45) is 6.42. The quantitative estimate of drug-likeness (QED) is 0.878. The van der Waals surface area contributed by atoms with Gasteiger partial charge in [0.1, 0.15) is 0 Å². The Labute approximate surface area is 102 Å². The Bertz CT molecular complexity index is 346. The molecule has 0 spiro atoms. The summed E-state index contributed by atoms with van der Waals surface area (Å²) < 4.78 is 0. The minimum Gasteiger partial charge on any atom is -0.330 e. The lowest BCUT2D eigenvalue weighted by Gasteiger charge is -2.24. The monoisotopic (exact) mass is 238 g/mol. The molecule has 0 aromatic carbocycles. The van der Waals surface area contributed by atoms with Gasteiger partial charge < -0.3 is 5.73 Å². The van der Waals surface area contributed by atoms with Crippen LogP contribution < -0.4 is 5.73 Å². The van der Waals surface area contributed by atoms with Gasteiger partial charge in [0, 0.05) is 10.8 Å². The van der Waals surface area contributed by atoms with Gasteiger partial charge in [0.05, 0.1) is 10.7 Å². The molecule has 0 bridgehead atoms. The predicted octanol–water partition coefficient (Wildman–Crippen LogP) is 3.25. The van der Waals surface area contributed by atoms with Crippen LogP contribution in [-0.2, 0) is 6.42 Å². The second-order valence-electron chi connectivity index (χ2n) is 5.07. The molecule has 0 radical (unpaired) electrons. The molecule has 1 aliphatic rings. The van der Waals surface area contributed by atoms with Crippen molar-refractivity contribution in [1.82, 2.24) is 4.98 Å². The van der Waals surface area contributed by atoms with Crippen LogP contribution >= 0.6 is 11.3 Å². The number of hydrogen-bond acceptors (Lipinski definition) is 3. The van der Waals surface area contributed by atoms with Gasteiger partial charge in [-0.2, -0.15) is 0 Å². The van der Waals surface area contributed by atoms with Crippen molar-refractivity contribution in [3.63, 3.8) is 0 Å². The molecule has 90 valence electrons. The van der Waals surface area contributed by atoms with Crippen molar-refractivity contribution in [3.8, 4) is 0 Å². The molecule has 2 rings (SSSR count). The predicted molar refractivity (Wildman–Crippen MR) is 70.0 cm³/mol. The van der Waals surface area contributed by atoms with E-state index in [4.69, 9.17) is 10.7 Å². The number of thiazole rings is 1. The van der Waals surface area contributed by atoms with Gasteiger partial charge in [-0.25, -0.2) is 4.98 Å². The summed E-state index contributed by atoms with van der Waals surface area (Å²) in [5, 5.41) is 1.37. The molecular formula is C13H22N2S. The van der Waals surface area contributed by atoms with Crippen molar-refractivity contribution >= 4 is 11.3 Å². The zero-order valence-electron chi connectivity index (χ0n) is 10.3. The van der Waals surface area contributed by atoms with Crippen molar-refractivity contribution in [2.24, 2.45) is 11.7 Å². The molecule has 0 amide bonds. The highest BCUT2D eigenvalue weighted by molar-refractivity contribution is 7.11. The number of hydrogen-bond donors (Lipinski definition) is 1. The van der Waals surface area contributed by atoms with E-state index >= 15 is 0 Å². The van der Waals surface area contributed by atoms with E-state index < -0.39 is 0 Å². The van der Waals surface area contributed by atoms with Gasteiger partial charge in [-0.05, 0) is 38.6 Å². The summed E-state index contributed by atoms with van der Waals surface area (Å²) in [6, 6.07) is 0. The Morgan fingerprint density at radius 3 is 2.94 bits per heavy atom. The number of rotatable bonds is 3. The molecule has 2 atom stereocenters. The van der Waals surface area contributed by atoms with E-state index in [0.29, 0.717) is 0 Å². The molecule has 1 aromatic rings. The maximum Gasteiger partial charge on any atom is 0.0961 e. The normalized spacial score (nSPS) is 25.9. The van der Waals surface area contributed by atoms with Crippen LogP contribution in [0.5, 0.6) is 0 Å². The fraction of sp³-hybridized carbons (Fsp3) is 0.769. The largest absolute Gasteiger partial charge is 0.330 e. The summed E-state index contributed by atoms with van der Waals surface area (Å²) in [4.78, 5) is 6.15. The lowest BCUT2D eigenvalue weighted by atomic mass is 9.83. The first-order chi connectivity index (χ1) is 7.70. The van der Waals surface area contributed by atoms with E-state index in [2.05, 4.69) is 13.8 Å². The second kappa shape index (κ2) is 5.28. The Hall–Kier alpha value is -0.410. The topological polar surface area (TPSA) is 38.9 Å². The van der Waals surface area contributed by atoms with Crippen molar-refractivity contribution < 1.29 is 0 Å². The van der Waals surface area contributed by atoms with Crippen LogP contribution in [0.2, 0.25) is 0 Å². The van der Waals surface area contributed by atoms with Crippen LogP contribution in [0.1, 0.15) is 54.1 Å². The number of aromatic nitrogens is 1. The van der Waals surface area contributed by atoms with Crippen LogP contribution in [0, 0.1) is 12.8 Å². The zero-order valence-corrected chi connectivity index (χ0v) is 11.1. The van der Waals surface area contributed by atoms with Gasteiger partial charge in [-0.15, -0.1) is 11.3 Å². The van der Waals surface area contributed by atoms with Crippen LogP contribution in [0.25, 0.3) is 0 Å². The fourth-order valence-electron chi connectivity index (χ4n) is 2.65. The first-order valence-electron chi connectivity index (χ1n) is 6.37. The average molecular weight is 238 g/mol. The highest BCUT2D eigenvalue weighted by Gasteiger charge is 2.23. The van der Waals surface area contributed by atoms with Crippen molar-refractivity contribution in [3.05, 3.63) is 15.6 Å². The maximum atomic E-state index is 5.62. The maximum absolute atomic E-state index is 5.62. The Kier molecular flexibility index (Phi) is 3.98. The van der Waals surface area contributed by atoms with Crippen LogP contribution in [0.4, 0.5) is 0 Å². The molecule has 2 nitrogen and oxygen atoms in total. The number of nitrogens with zero attached hydrogens (tertiary/aromatic N) is 1. The smallest absolute Gasteiger partial charge is 0.0961 e. The van der Waals surface area contributed by atoms with Gasteiger partial charge in [-0.1, -0.05) is 19.8 Å². The molecule has 1 fully saturated rings. The summed E-state index contributed by atoms with van der Waals surface area (Å²) in [6.45, 7) is 5.23. The average Bonchev–Trinajstić information content (AvgIpc) is 2.61. The molecule has 2 unspecified atom stereocenters. The third-order valence-electron chi connectivity index (χ3n) is 3.57. The van der Waals surface area contributed by atoms with Gasteiger partial charge in [0.15, 0.2) is 0 Å². The minimum absolute atomic E-state index is 0.721. The third kappa shape index (κ3) is 2.64. The summed E-state index contributed by atoms with van der Waals surface area (Å²) in [7, 11) is 0. The standard InChI is InChI=1S/C13H22N2S/c1-9-4-3-5-11(8-9)13-15-10(2)12(16-13)6-7-14/h9,11H,3-8,14H2,1-2H3. The Morgan fingerprint density at radius 2 is 2.25 bits per heavy atom. The summed E-state index contributed by atoms with van der Waals surface area (Å²) >= 11 is 1.90. The van der Waals surface area contributed by atoms with Crippen LogP contribution in [0.15, 0.2) is 0 Å². The SMILES string of the molecule is Cc1nc(C2CCCC(C)C2)sc1CCN. The summed E-state index contributed by atoms with van der Waals surface area (Å²) in [5.41, 5.74) is 6.83. The van der Waals surface area contributed by atoms with Gasteiger partial charge >= 0.3 is 0 Å². The highest BCUT2D eigenvalue weighted by atomic mass is 32.1. The zero-order chi connectivity index (χ0) is 11.5. The molecule has 16 heavy (non-hydrogen) atoms. The Balaban J connectivity index is 2.10. The molecule has 1 saturated carbocycles. The second-order valence-corrected chi connectivity index (χ2v) is 6.18. The van der Waals surface area contributed by atoms with E-state index in [0.717, 1.165) is 24.8 Å². The van der Waals surface area contributed by atoms with Crippen molar-refractivity contribution in [2.75, 3.05) is 6.54 Å². The molecule has 1 aromatic heterocycles. The molecule has 2 N–H and O–H groups in total. The molecule has 0 saturated heterocycles. The lowest BCUT2D eigenvalue weighted by molar-refractivity contribution is 0.343. The lowest BCUT2D eigenvalue weighted by Crippen LogP contribution is -2.11. The van der Waals surface area contributed by atoms with E-state index in [1.54, 1.807) is 0 Å². The first kappa shape index (κ1) is 12.1. The van der Waals surface area contributed by atoms with E-state index in [9.17, 15) is 0 Å². The van der Waals surface area contributed by atoms with Gasteiger partial charge in [0.25, 0.3) is 0 Å². The first-order valence-corrected chi connectivity index (χ1v) is 7.18. The molecular weight excluding hydrogens is 216 g/mol. The molecule has 3 heteroatoms. The molecule has 1 aliphatic carbocycles. The van der Waals surface area contributed by atoms with Crippen molar-refractivity contribution in [2.45, 2.75) is 51.9 Å². The fourth-order valence-corrected chi connectivity index (χ4v) is 3.88.